The van der Waals surface area contributed by atoms with E-state index in [-0.39, 0.29) is 0 Å². The van der Waals surface area contributed by atoms with Gasteiger partial charge in [0, 0.05) is 0 Å². The first-order chi connectivity index (χ1) is 24.7. The zero-order valence-corrected chi connectivity index (χ0v) is 35.3. The molecule has 0 bridgehead atoms. The predicted molar refractivity (Wildman–Crippen MR) is 226 cm³/mol. The molecule has 2 heteroatoms. The Hall–Kier alpha value is -0.790. The normalized spacial score (nSPS) is 13.0. The highest BCUT2D eigenvalue weighted by Crippen LogP contribution is 2.28. The molecule has 50 heavy (non-hydrogen) atoms. The summed E-state index contributed by atoms with van der Waals surface area (Å²) >= 11 is 0. The van der Waals surface area contributed by atoms with E-state index in [0.29, 0.717) is 12.0 Å². The van der Waals surface area contributed by atoms with Gasteiger partial charge in [-0.05, 0) is 32.6 Å². The molecule has 1 heterocycles. The van der Waals surface area contributed by atoms with E-state index in [2.05, 4.69) is 49.6 Å². The molecule has 0 saturated carbocycles. The number of nitrogens with one attached hydrogen (secondary N) is 1. The average Bonchev–Trinajstić information content (AvgIpc) is 3.62. The van der Waals surface area contributed by atoms with Gasteiger partial charge in [0.1, 0.15) is 12.4 Å². The Morgan fingerprint density at radius 1 is 0.380 bits per heavy atom. The van der Waals surface area contributed by atoms with Gasteiger partial charge in [-0.2, -0.15) is 0 Å². The Labute approximate surface area is 316 Å². The van der Waals surface area contributed by atoms with Crippen LogP contribution in [0.25, 0.3) is 0 Å². The van der Waals surface area contributed by atoms with Crippen molar-refractivity contribution < 1.29 is 4.57 Å². The van der Waals surface area contributed by atoms with Crippen molar-refractivity contribution in [1.82, 2.24) is 4.98 Å². The Bertz CT molecular complexity index is 768. The Balaban J connectivity index is 2.35. The van der Waals surface area contributed by atoms with Crippen LogP contribution in [-0.4, -0.2) is 4.98 Å². The quantitative estimate of drug-likeness (QED) is 0.0518. The number of H-pyrrole nitrogens is 1. The molecule has 0 amide bonds. The molecule has 2 unspecified atom stereocenters. The zero-order valence-electron chi connectivity index (χ0n) is 35.3. The van der Waals surface area contributed by atoms with Gasteiger partial charge in [-0.15, -0.1) is 0 Å². The van der Waals surface area contributed by atoms with E-state index in [0.717, 1.165) is 0 Å². The fraction of sp³-hybridized carbons (Fsp3) is 0.938. The highest BCUT2D eigenvalue weighted by molar-refractivity contribution is 4.90. The van der Waals surface area contributed by atoms with Crippen LogP contribution >= 0.6 is 0 Å². The third-order valence-electron chi connectivity index (χ3n) is 11.9. The van der Waals surface area contributed by atoms with Crippen LogP contribution in [0.2, 0.25) is 0 Å². The van der Waals surface area contributed by atoms with Crippen LogP contribution in [0.15, 0.2) is 12.4 Å². The molecule has 1 aromatic heterocycles. The Kier molecular flexibility index (Phi) is 35.8. The van der Waals surface area contributed by atoms with E-state index in [4.69, 9.17) is 0 Å². The summed E-state index contributed by atoms with van der Waals surface area (Å²) in [6, 6.07) is 0.617. The Morgan fingerprint density at radius 2 is 0.640 bits per heavy atom. The van der Waals surface area contributed by atoms with Crippen molar-refractivity contribution in [2.75, 3.05) is 0 Å². The first-order valence-corrected chi connectivity index (χ1v) is 23.8. The van der Waals surface area contributed by atoms with Gasteiger partial charge in [-0.3, -0.25) is 0 Å². The summed E-state index contributed by atoms with van der Waals surface area (Å²) in [5.41, 5.74) is 0. The first kappa shape index (κ1) is 47.2. The molecule has 0 radical (unpaired) electrons. The summed E-state index contributed by atoms with van der Waals surface area (Å²) < 4.78 is 2.65. The summed E-state index contributed by atoms with van der Waals surface area (Å²) in [6.45, 7) is 9.44. The van der Waals surface area contributed by atoms with E-state index in [1.807, 2.05) is 0 Å². The summed E-state index contributed by atoms with van der Waals surface area (Å²) in [5, 5.41) is 0. The van der Waals surface area contributed by atoms with E-state index in [9.17, 15) is 0 Å². The van der Waals surface area contributed by atoms with Crippen molar-refractivity contribution >= 4 is 0 Å². The molecule has 2 atom stereocenters. The van der Waals surface area contributed by atoms with Gasteiger partial charge >= 0.3 is 0 Å². The molecule has 2 nitrogen and oxygen atoms in total. The number of hydrogen-bond acceptors (Lipinski definition) is 0. The van der Waals surface area contributed by atoms with E-state index in [1.54, 1.807) is 5.82 Å². The molecule has 0 saturated heterocycles. The lowest BCUT2D eigenvalue weighted by molar-refractivity contribution is -0.727. The van der Waals surface area contributed by atoms with Crippen molar-refractivity contribution in [1.29, 1.82) is 0 Å². The fourth-order valence-corrected chi connectivity index (χ4v) is 8.37. The van der Waals surface area contributed by atoms with E-state index < -0.39 is 0 Å². The van der Waals surface area contributed by atoms with Crippen LogP contribution in [0, 0.1) is 0 Å². The number of aromatic amines is 1. The summed E-state index contributed by atoms with van der Waals surface area (Å²) in [7, 11) is 0. The van der Waals surface area contributed by atoms with Gasteiger partial charge in [0.2, 0.25) is 0 Å². The summed E-state index contributed by atoms with van der Waals surface area (Å²) in [5.74, 6) is 2.25. The second-order valence-corrected chi connectivity index (χ2v) is 16.8. The second-order valence-electron chi connectivity index (χ2n) is 16.8. The summed E-state index contributed by atoms with van der Waals surface area (Å²) in [4.78, 5) is 3.78. The number of unbranched alkanes of at least 4 members (excludes halogenated alkanes) is 33. The summed E-state index contributed by atoms with van der Waals surface area (Å²) in [6.07, 6.45) is 60.6. The van der Waals surface area contributed by atoms with Gasteiger partial charge in [-0.1, -0.05) is 245 Å². The lowest BCUT2D eigenvalue weighted by Gasteiger charge is -2.17. The van der Waals surface area contributed by atoms with Crippen molar-refractivity contribution in [3.63, 3.8) is 0 Å². The molecule has 0 aliphatic carbocycles. The molecule has 1 rings (SSSR count). The minimum absolute atomic E-state index is 0.617. The van der Waals surface area contributed by atoms with Crippen LogP contribution in [0.3, 0.4) is 0 Å². The number of imidazole rings is 1. The van der Waals surface area contributed by atoms with Crippen molar-refractivity contribution in [2.24, 2.45) is 0 Å². The van der Waals surface area contributed by atoms with Gasteiger partial charge in [-0.25, -0.2) is 9.55 Å². The molecule has 1 N–H and O–H groups in total. The Morgan fingerprint density at radius 3 is 0.940 bits per heavy atom. The van der Waals surface area contributed by atoms with E-state index in [1.165, 1.54) is 250 Å². The topological polar surface area (TPSA) is 19.7 Å². The lowest BCUT2D eigenvalue weighted by atomic mass is 9.92. The standard InChI is InChI=1S/C48H94N2/c1-5-8-11-14-17-20-22-24-25-26-28-31-34-37-40-43-47(42-39-36-33-29-19-16-13-10-7-3)48-49-44-45-50(48)46(4)41-38-35-32-30-27-23-21-18-15-12-9-6-2/h44-47H,5-43H2,1-4H3/p+1. The van der Waals surface area contributed by atoms with Crippen molar-refractivity contribution in [2.45, 2.75) is 290 Å². The number of rotatable bonds is 41. The molecule has 296 valence electrons. The molecule has 1 aromatic rings. The molecule has 0 aromatic carbocycles. The average molecular weight is 700 g/mol. The van der Waals surface area contributed by atoms with Crippen molar-refractivity contribution in [3.8, 4) is 0 Å². The zero-order chi connectivity index (χ0) is 36.0. The van der Waals surface area contributed by atoms with Crippen LogP contribution in [-0.2, 0) is 0 Å². The first-order valence-electron chi connectivity index (χ1n) is 23.8. The molecule has 0 fully saturated rings. The van der Waals surface area contributed by atoms with Crippen LogP contribution in [0.4, 0.5) is 0 Å². The van der Waals surface area contributed by atoms with E-state index >= 15 is 0 Å². The van der Waals surface area contributed by atoms with Crippen LogP contribution < -0.4 is 4.57 Å². The van der Waals surface area contributed by atoms with Crippen molar-refractivity contribution in [3.05, 3.63) is 18.2 Å². The molecular weight excluding hydrogens is 605 g/mol. The number of hydrogen-bond donors (Lipinski definition) is 1. The largest absolute Gasteiger partial charge is 0.257 e. The highest BCUT2D eigenvalue weighted by atomic mass is 15.1. The minimum atomic E-state index is 0.617. The maximum absolute atomic E-state index is 3.78. The smallest absolute Gasteiger partial charge is 0.247 e. The van der Waals surface area contributed by atoms with Crippen LogP contribution in [0.5, 0.6) is 0 Å². The third-order valence-corrected chi connectivity index (χ3v) is 11.9. The second kappa shape index (κ2) is 38.0. The molecule has 0 aliphatic rings. The minimum Gasteiger partial charge on any atom is -0.247 e. The molecule has 0 spiro atoms. The van der Waals surface area contributed by atoms with Gasteiger partial charge in [0.25, 0.3) is 5.82 Å². The molecular formula is C48H95N2+. The fourth-order valence-electron chi connectivity index (χ4n) is 8.37. The third kappa shape index (κ3) is 28.8. The maximum Gasteiger partial charge on any atom is 0.257 e. The highest BCUT2D eigenvalue weighted by Gasteiger charge is 2.25. The maximum atomic E-state index is 3.78. The van der Waals surface area contributed by atoms with Gasteiger partial charge in [0.05, 0.1) is 12.0 Å². The molecule has 0 aliphatic heterocycles. The lowest BCUT2D eigenvalue weighted by Crippen LogP contribution is -2.41. The van der Waals surface area contributed by atoms with Gasteiger partial charge < -0.3 is 0 Å². The van der Waals surface area contributed by atoms with Crippen LogP contribution in [0.1, 0.15) is 296 Å². The predicted octanol–water partition coefficient (Wildman–Crippen LogP) is 17.2. The number of aromatic nitrogens is 2. The number of nitrogens with zero attached hydrogens (tertiary/aromatic N) is 1. The SMILES string of the molecule is CCCCCCCCCCCCCCCCCC(CCCCCCCCCCC)c1[nH]cc[n+]1C(C)CCCCCCCCCCCCCC. The van der Waals surface area contributed by atoms with Gasteiger partial charge in [0.15, 0.2) is 0 Å². The monoisotopic (exact) mass is 700 g/mol.